The predicted octanol–water partition coefficient (Wildman–Crippen LogP) is -0.755. The first kappa shape index (κ1) is 10.9. The van der Waals surface area contributed by atoms with Gasteiger partial charge in [-0.25, -0.2) is 4.79 Å². The van der Waals surface area contributed by atoms with Crippen LogP contribution >= 0.6 is 0 Å². The lowest BCUT2D eigenvalue weighted by atomic mass is 10.2. The first-order valence-electron chi connectivity index (χ1n) is 4.33. The van der Waals surface area contributed by atoms with Gasteiger partial charge in [-0.1, -0.05) is 0 Å². The molecule has 1 heterocycles. The summed E-state index contributed by atoms with van der Waals surface area (Å²) in [5, 5.41) is 17.4. The smallest absolute Gasteiger partial charge is 0.334 e. The van der Waals surface area contributed by atoms with E-state index >= 15 is 0 Å². The molecule has 2 N–H and O–H groups in total. The lowest BCUT2D eigenvalue weighted by molar-refractivity contribution is -0.161. The Morgan fingerprint density at radius 3 is 2.64 bits per heavy atom. The van der Waals surface area contributed by atoms with Crippen molar-refractivity contribution in [3.63, 3.8) is 0 Å². The number of rotatable bonds is 3. The Balaban J connectivity index is 2.55. The molecule has 1 aliphatic heterocycles. The zero-order chi connectivity index (χ0) is 10.7. The van der Waals surface area contributed by atoms with Gasteiger partial charge in [-0.15, -0.1) is 0 Å². The zero-order valence-corrected chi connectivity index (χ0v) is 7.84. The topological polar surface area (TPSA) is 87.1 Å². The third-order valence-corrected chi connectivity index (χ3v) is 2.28. The predicted molar refractivity (Wildman–Crippen MR) is 46.0 cm³/mol. The van der Waals surface area contributed by atoms with Gasteiger partial charge in [0.05, 0.1) is 6.61 Å². The second-order valence-corrected chi connectivity index (χ2v) is 3.21. The molecule has 80 valence electrons. The molecule has 1 fully saturated rings. The van der Waals surface area contributed by atoms with Crippen molar-refractivity contribution in [2.75, 3.05) is 19.7 Å². The Labute approximate surface area is 81.1 Å². The largest absolute Gasteiger partial charge is 0.480 e. The molecule has 1 saturated heterocycles. The molecule has 1 aliphatic rings. The Kier molecular flexibility index (Phi) is 3.43. The van der Waals surface area contributed by atoms with Crippen molar-refractivity contribution >= 4 is 11.9 Å². The highest BCUT2D eigenvalue weighted by molar-refractivity contribution is 5.74. The third-order valence-electron chi connectivity index (χ3n) is 2.28. The molecule has 0 bridgehead atoms. The Bertz CT molecular complexity index is 230. The number of hydrogen-bond acceptors (Lipinski definition) is 4. The average molecular weight is 203 g/mol. The van der Waals surface area contributed by atoms with Crippen molar-refractivity contribution in [3.05, 3.63) is 0 Å². The Morgan fingerprint density at radius 2 is 2.14 bits per heavy atom. The van der Waals surface area contributed by atoms with Crippen LogP contribution in [0.25, 0.3) is 0 Å². The highest BCUT2D eigenvalue weighted by Crippen LogP contribution is 2.09. The molecule has 2 unspecified atom stereocenters. The minimum Gasteiger partial charge on any atom is -0.480 e. The van der Waals surface area contributed by atoms with E-state index in [9.17, 15) is 9.59 Å². The lowest BCUT2D eigenvalue weighted by Crippen LogP contribution is -2.51. The van der Waals surface area contributed by atoms with Crippen LogP contribution < -0.4 is 0 Å². The van der Waals surface area contributed by atoms with Gasteiger partial charge in [-0.05, 0) is 6.92 Å². The second-order valence-electron chi connectivity index (χ2n) is 3.21. The molecule has 0 aromatic heterocycles. The van der Waals surface area contributed by atoms with Crippen LogP contribution in [-0.2, 0) is 14.3 Å². The van der Waals surface area contributed by atoms with Gasteiger partial charge in [0.25, 0.3) is 0 Å². The number of carboxylic acid groups (broad SMARTS) is 2. The molecule has 2 atom stereocenters. The van der Waals surface area contributed by atoms with Crippen LogP contribution in [0.1, 0.15) is 6.92 Å². The molecule has 0 aromatic carbocycles. The summed E-state index contributed by atoms with van der Waals surface area (Å²) < 4.78 is 4.97. The van der Waals surface area contributed by atoms with Crippen LogP contribution in [0.4, 0.5) is 0 Å². The van der Waals surface area contributed by atoms with Crippen LogP contribution in [0.3, 0.4) is 0 Å². The molecule has 0 spiro atoms. The van der Waals surface area contributed by atoms with E-state index in [-0.39, 0.29) is 13.2 Å². The first-order chi connectivity index (χ1) is 6.52. The fourth-order valence-corrected chi connectivity index (χ4v) is 1.33. The highest BCUT2D eigenvalue weighted by Gasteiger charge is 2.31. The molecule has 0 saturated carbocycles. The fraction of sp³-hybridized carbons (Fsp3) is 0.750. The first-order valence-corrected chi connectivity index (χ1v) is 4.33. The SMILES string of the molecule is CC(C(=O)O)N1CCOC(C(=O)O)C1. The van der Waals surface area contributed by atoms with Crippen molar-refractivity contribution in [1.29, 1.82) is 0 Å². The van der Waals surface area contributed by atoms with E-state index in [1.807, 2.05) is 0 Å². The van der Waals surface area contributed by atoms with Crippen molar-refractivity contribution in [2.45, 2.75) is 19.1 Å². The van der Waals surface area contributed by atoms with E-state index in [4.69, 9.17) is 14.9 Å². The fourth-order valence-electron chi connectivity index (χ4n) is 1.33. The van der Waals surface area contributed by atoms with Crippen LogP contribution in [0.15, 0.2) is 0 Å². The van der Waals surface area contributed by atoms with Gasteiger partial charge in [0.15, 0.2) is 6.10 Å². The number of ether oxygens (including phenoxy) is 1. The number of nitrogens with zero attached hydrogens (tertiary/aromatic N) is 1. The van der Waals surface area contributed by atoms with Gasteiger partial charge >= 0.3 is 11.9 Å². The molecular weight excluding hydrogens is 190 g/mol. The third kappa shape index (κ3) is 2.43. The van der Waals surface area contributed by atoms with Crippen LogP contribution in [0.2, 0.25) is 0 Å². The maximum Gasteiger partial charge on any atom is 0.334 e. The van der Waals surface area contributed by atoms with Gasteiger partial charge in [0.2, 0.25) is 0 Å². The molecule has 0 radical (unpaired) electrons. The Hall–Kier alpha value is -1.14. The van der Waals surface area contributed by atoms with Crippen molar-refractivity contribution in [3.8, 4) is 0 Å². The van der Waals surface area contributed by atoms with E-state index < -0.39 is 24.1 Å². The maximum absolute atomic E-state index is 10.6. The standard InChI is InChI=1S/C8H13NO5/c1-5(7(10)11)9-2-3-14-6(4-9)8(12)13/h5-6H,2-4H2,1H3,(H,10,11)(H,12,13). The summed E-state index contributed by atoms with van der Waals surface area (Å²) in [5.74, 6) is -2.00. The van der Waals surface area contributed by atoms with E-state index in [0.29, 0.717) is 6.54 Å². The minimum atomic E-state index is -1.05. The Morgan fingerprint density at radius 1 is 1.50 bits per heavy atom. The molecular formula is C8H13NO5. The van der Waals surface area contributed by atoms with Crippen LogP contribution in [-0.4, -0.2) is 58.9 Å². The van der Waals surface area contributed by atoms with Gasteiger partial charge in [-0.2, -0.15) is 0 Å². The molecule has 0 aromatic rings. The minimum absolute atomic E-state index is 0.128. The van der Waals surface area contributed by atoms with E-state index in [2.05, 4.69) is 0 Å². The number of carboxylic acids is 2. The van der Waals surface area contributed by atoms with Crippen molar-refractivity contribution in [2.24, 2.45) is 0 Å². The van der Waals surface area contributed by atoms with Gasteiger partial charge in [-0.3, -0.25) is 9.69 Å². The lowest BCUT2D eigenvalue weighted by Gasteiger charge is -2.33. The summed E-state index contributed by atoms with van der Waals surface area (Å²) in [6.45, 7) is 2.38. The van der Waals surface area contributed by atoms with Crippen LogP contribution in [0.5, 0.6) is 0 Å². The van der Waals surface area contributed by atoms with Gasteiger partial charge in [0.1, 0.15) is 6.04 Å². The van der Waals surface area contributed by atoms with Gasteiger partial charge in [0, 0.05) is 13.1 Å². The monoisotopic (exact) mass is 203 g/mol. The van der Waals surface area contributed by atoms with Crippen molar-refractivity contribution < 1.29 is 24.5 Å². The normalized spacial score (nSPS) is 25.6. The molecule has 0 aliphatic carbocycles. The maximum atomic E-state index is 10.6. The molecule has 6 nitrogen and oxygen atoms in total. The molecule has 0 amide bonds. The summed E-state index contributed by atoms with van der Waals surface area (Å²) in [4.78, 5) is 22.8. The summed E-state index contributed by atoms with van der Waals surface area (Å²) in [7, 11) is 0. The number of aliphatic carboxylic acids is 2. The summed E-state index contributed by atoms with van der Waals surface area (Å²) in [5.41, 5.74) is 0. The highest BCUT2D eigenvalue weighted by atomic mass is 16.5. The quantitative estimate of drug-likeness (QED) is 0.627. The van der Waals surface area contributed by atoms with E-state index in [1.54, 1.807) is 4.90 Å². The summed E-state index contributed by atoms with van der Waals surface area (Å²) in [6, 6.07) is -0.666. The molecule has 1 rings (SSSR count). The van der Waals surface area contributed by atoms with Crippen molar-refractivity contribution in [1.82, 2.24) is 4.90 Å². The van der Waals surface area contributed by atoms with Gasteiger partial charge < -0.3 is 14.9 Å². The van der Waals surface area contributed by atoms with Crippen LogP contribution in [0, 0.1) is 0 Å². The summed E-state index contributed by atoms with van der Waals surface area (Å²) >= 11 is 0. The number of morpholine rings is 1. The summed E-state index contributed by atoms with van der Waals surface area (Å²) in [6.07, 6.45) is -0.912. The number of hydrogen-bond donors (Lipinski definition) is 2. The zero-order valence-electron chi connectivity index (χ0n) is 7.84. The van der Waals surface area contributed by atoms with E-state index in [1.165, 1.54) is 6.92 Å². The average Bonchev–Trinajstić information content (AvgIpc) is 2.16. The second kappa shape index (κ2) is 4.39. The van der Waals surface area contributed by atoms with E-state index in [0.717, 1.165) is 0 Å². The number of carbonyl (C=O) groups is 2. The molecule has 6 heteroatoms. The molecule has 14 heavy (non-hydrogen) atoms.